The number of benzene rings is 2. The minimum absolute atomic E-state index is 0.130. The van der Waals surface area contributed by atoms with Gasteiger partial charge in [-0.15, -0.1) is 0 Å². The molecule has 3 nitrogen and oxygen atoms in total. The van der Waals surface area contributed by atoms with Crippen molar-refractivity contribution in [3.63, 3.8) is 0 Å². The van der Waals surface area contributed by atoms with Crippen LogP contribution in [0, 0.1) is 0 Å². The monoisotopic (exact) mass is 323 g/mol. The highest BCUT2D eigenvalue weighted by Gasteiger charge is 2.14. The molecular weight excluding hydrogens is 306 g/mol. The average Bonchev–Trinajstić information content (AvgIpc) is 3.02. The second kappa shape index (κ2) is 6.20. The van der Waals surface area contributed by atoms with Gasteiger partial charge in [0.15, 0.2) is 11.4 Å². The third-order valence-electron chi connectivity index (χ3n) is 4.27. The molecule has 23 heavy (non-hydrogen) atoms. The molecular formula is C19H17NO2S. The molecule has 0 aliphatic heterocycles. The van der Waals surface area contributed by atoms with E-state index in [0.717, 1.165) is 29.5 Å². The molecule has 0 saturated carbocycles. The standard InChI is InChI=1S/C19H17NO2S/c21-17(15-10-9-13-5-1-2-6-14(13)11-15)12-23-19-20-16-7-3-4-8-18(16)22-19/h3-4,7-11H,1-2,5-6,12H2. The van der Waals surface area contributed by atoms with Crippen LogP contribution in [0.3, 0.4) is 0 Å². The van der Waals surface area contributed by atoms with Gasteiger partial charge in [-0.2, -0.15) is 0 Å². The molecule has 116 valence electrons. The van der Waals surface area contributed by atoms with E-state index in [4.69, 9.17) is 4.42 Å². The normalized spacial score (nSPS) is 13.9. The number of ketones is 1. The third-order valence-corrected chi connectivity index (χ3v) is 5.10. The van der Waals surface area contributed by atoms with Crippen molar-refractivity contribution in [2.24, 2.45) is 0 Å². The number of fused-ring (bicyclic) bond motifs is 2. The molecule has 1 aliphatic carbocycles. The van der Waals surface area contributed by atoms with E-state index in [1.165, 1.54) is 35.7 Å². The maximum atomic E-state index is 12.4. The number of hydrogen-bond donors (Lipinski definition) is 0. The lowest BCUT2D eigenvalue weighted by molar-refractivity contribution is 0.102. The highest BCUT2D eigenvalue weighted by Crippen LogP contribution is 2.26. The topological polar surface area (TPSA) is 43.1 Å². The van der Waals surface area contributed by atoms with Gasteiger partial charge in [-0.3, -0.25) is 4.79 Å². The van der Waals surface area contributed by atoms with Gasteiger partial charge in [0, 0.05) is 5.56 Å². The summed E-state index contributed by atoms with van der Waals surface area (Å²) in [6, 6.07) is 13.8. The van der Waals surface area contributed by atoms with Crippen molar-refractivity contribution in [1.29, 1.82) is 0 Å². The predicted octanol–water partition coefficient (Wildman–Crippen LogP) is 4.68. The van der Waals surface area contributed by atoms with Gasteiger partial charge >= 0.3 is 0 Å². The summed E-state index contributed by atoms with van der Waals surface area (Å²) >= 11 is 1.36. The quantitative estimate of drug-likeness (QED) is 0.516. The first-order chi connectivity index (χ1) is 11.3. The van der Waals surface area contributed by atoms with Gasteiger partial charge in [0.2, 0.25) is 0 Å². The number of carbonyl (C=O) groups excluding carboxylic acids is 1. The smallest absolute Gasteiger partial charge is 0.257 e. The second-order valence-corrected chi connectivity index (χ2v) is 6.78. The number of aromatic nitrogens is 1. The minimum atomic E-state index is 0.130. The Morgan fingerprint density at radius 2 is 1.91 bits per heavy atom. The van der Waals surface area contributed by atoms with Gasteiger partial charge in [-0.1, -0.05) is 36.0 Å². The summed E-state index contributed by atoms with van der Waals surface area (Å²) in [5.41, 5.74) is 5.13. The summed E-state index contributed by atoms with van der Waals surface area (Å²) in [7, 11) is 0. The van der Waals surface area contributed by atoms with Crippen LogP contribution in [0.1, 0.15) is 34.3 Å². The summed E-state index contributed by atoms with van der Waals surface area (Å²) in [5, 5.41) is 0.553. The van der Waals surface area contributed by atoms with Crippen LogP contribution in [0.15, 0.2) is 52.1 Å². The van der Waals surface area contributed by atoms with Gasteiger partial charge < -0.3 is 4.42 Å². The van der Waals surface area contributed by atoms with E-state index in [-0.39, 0.29) is 5.78 Å². The number of rotatable bonds is 4. The molecule has 4 rings (SSSR count). The van der Waals surface area contributed by atoms with Crippen LogP contribution >= 0.6 is 11.8 Å². The van der Waals surface area contributed by atoms with E-state index in [2.05, 4.69) is 17.1 Å². The van der Waals surface area contributed by atoms with Crippen molar-refractivity contribution in [1.82, 2.24) is 4.98 Å². The third kappa shape index (κ3) is 3.04. The first-order valence-corrected chi connectivity index (χ1v) is 8.91. The van der Waals surface area contributed by atoms with Crippen molar-refractivity contribution in [3.8, 4) is 0 Å². The Labute approximate surface area is 139 Å². The first-order valence-electron chi connectivity index (χ1n) is 7.93. The summed E-state index contributed by atoms with van der Waals surface area (Å²) < 4.78 is 5.64. The van der Waals surface area contributed by atoms with E-state index < -0.39 is 0 Å². The lowest BCUT2D eigenvalue weighted by Crippen LogP contribution is -2.07. The van der Waals surface area contributed by atoms with Crippen molar-refractivity contribution >= 4 is 28.6 Å². The molecule has 4 heteroatoms. The van der Waals surface area contributed by atoms with E-state index in [1.807, 2.05) is 30.3 Å². The van der Waals surface area contributed by atoms with Crippen LogP contribution < -0.4 is 0 Å². The minimum Gasteiger partial charge on any atom is -0.431 e. The summed E-state index contributed by atoms with van der Waals surface area (Å²) in [6.45, 7) is 0. The largest absolute Gasteiger partial charge is 0.431 e. The van der Waals surface area contributed by atoms with E-state index >= 15 is 0 Å². The first kappa shape index (κ1) is 14.5. The van der Waals surface area contributed by atoms with Gasteiger partial charge in [-0.25, -0.2) is 4.98 Å². The van der Waals surface area contributed by atoms with Crippen molar-refractivity contribution < 1.29 is 9.21 Å². The lowest BCUT2D eigenvalue weighted by atomic mass is 9.90. The molecule has 0 bridgehead atoms. The Hall–Kier alpha value is -2.07. The number of nitrogens with zero attached hydrogens (tertiary/aromatic N) is 1. The Morgan fingerprint density at radius 1 is 1.09 bits per heavy atom. The lowest BCUT2D eigenvalue weighted by Gasteiger charge is -2.16. The highest BCUT2D eigenvalue weighted by molar-refractivity contribution is 7.99. The zero-order valence-corrected chi connectivity index (χ0v) is 13.6. The average molecular weight is 323 g/mol. The number of aryl methyl sites for hydroxylation is 2. The van der Waals surface area contributed by atoms with Gasteiger partial charge in [0.25, 0.3) is 5.22 Å². The molecule has 2 aromatic carbocycles. The molecule has 0 radical (unpaired) electrons. The van der Waals surface area contributed by atoms with Gasteiger partial charge in [0.05, 0.1) is 5.75 Å². The van der Waals surface area contributed by atoms with Crippen LogP contribution in [0.5, 0.6) is 0 Å². The number of para-hydroxylation sites is 2. The highest BCUT2D eigenvalue weighted by atomic mass is 32.2. The molecule has 0 atom stereocenters. The van der Waals surface area contributed by atoms with Crippen molar-refractivity contribution in [2.75, 3.05) is 5.75 Å². The van der Waals surface area contributed by atoms with Gasteiger partial charge in [0.1, 0.15) is 5.52 Å². The second-order valence-electron chi connectivity index (χ2n) is 5.85. The zero-order chi connectivity index (χ0) is 15.6. The fourth-order valence-corrected chi connectivity index (χ4v) is 3.76. The Balaban J connectivity index is 1.47. The SMILES string of the molecule is O=C(CSc1nc2ccccc2o1)c1ccc2c(c1)CCCC2. The van der Waals surface area contributed by atoms with E-state index in [0.29, 0.717) is 11.0 Å². The van der Waals surface area contributed by atoms with E-state index in [9.17, 15) is 4.79 Å². The summed E-state index contributed by atoms with van der Waals surface area (Å²) in [6.07, 6.45) is 4.71. The zero-order valence-electron chi connectivity index (χ0n) is 12.7. The molecule has 0 amide bonds. The molecule has 1 aliphatic rings. The van der Waals surface area contributed by atoms with Crippen molar-refractivity contribution in [2.45, 2.75) is 30.9 Å². The number of oxazole rings is 1. The van der Waals surface area contributed by atoms with Crippen LogP contribution in [-0.2, 0) is 12.8 Å². The number of thioether (sulfide) groups is 1. The molecule has 0 N–H and O–H groups in total. The van der Waals surface area contributed by atoms with E-state index in [1.54, 1.807) is 0 Å². The Morgan fingerprint density at radius 3 is 2.78 bits per heavy atom. The van der Waals surface area contributed by atoms with Crippen LogP contribution in [0.2, 0.25) is 0 Å². The maximum Gasteiger partial charge on any atom is 0.257 e. The van der Waals surface area contributed by atoms with Gasteiger partial charge in [-0.05, 0) is 55.0 Å². The fraction of sp³-hybridized carbons (Fsp3) is 0.263. The molecule has 0 saturated heterocycles. The van der Waals surface area contributed by atoms with Crippen LogP contribution in [0.25, 0.3) is 11.1 Å². The van der Waals surface area contributed by atoms with Crippen LogP contribution in [0.4, 0.5) is 0 Å². The van der Waals surface area contributed by atoms with Crippen LogP contribution in [-0.4, -0.2) is 16.5 Å². The Bertz CT molecular complexity index is 836. The molecule has 0 spiro atoms. The Kier molecular flexibility index (Phi) is 3.92. The number of Topliss-reactive ketones (excluding diaryl/α,β-unsaturated/α-hetero) is 1. The molecule has 1 aromatic heterocycles. The maximum absolute atomic E-state index is 12.4. The predicted molar refractivity (Wildman–Crippen MR) is 92.1 cm³/mol. The fourth-order valence-electron chi connectivity index (χ4n) is 3.03. The summed E-state index contributed by atoms with van der Waals surface area (Å²) in [4.78, 5) is 16.8. The molecule has 0 unspecified atom stereocenters. The molecule has 1 heterocycles. The summed E-state index contributed by atoms with van der Waals surface area (Å²) in [5.74, 6) is 0.483. The number of carbonyl (C=O) groups is 1. The molecule has 0 fully saturated rings. The van der Waals surface area contributed by atoms with Crippen molar-refractivity contribution in [3.05, 3.63) is 59.2 Å². The molecule has 3 aromatic rings. The number of hydrogen-bond acceptors (Lipinski definition) is 4.